The second kappa shape index (κ2) is 10.4. The van der Waals surface area contributed by atoms with Crippen molar-refractivity contribution in [2.45, 2.75) is 0 Å². The molecular formula is C44H28O. The maximum atomic E-state index is 9.43. The Labute approximate surface area is 281 Å². The highest BCUT2D eigenvalue weighted by atomic mass is 16.3. The number of benzene rings is 8. The normalized spacial score (nSPS) is 15.9. The van der Waals surface area contributed by atoms with Crippen molar-refractivity contribution in [2.24, 2.45) is 0 Å². The van der Waals surface area contributed by atoms with Crippen molar-refractivity contribution in [3.05, 3.63) is 170 Å². The number of rotatable bonds is 4. The molecule has 1 heterocycles. The van der Waals surface area contributed by atoms with Crippen molar-refractivity contribution in [2.75, 3.05) is 0 Å². The second-order valence-electron chi connectivity index (χ2n) is 10.6. The van der Waals surface area contributed by atoms with Gasteiger partial charge in [0.2, 0.25) is 0 Å². The van der Waals surface area contributed by atoms with E-state index in [4.69, 9.17) is 20.9 Å². The van der Waals surface area contributed by atoms with Crippen LogP contribution in [0.25, 0.3) is 88.0 Å². The lowest BCUT2D eigenvalue weighted by atomic mass is 9.83. The molecule has 1 heteroatoms. The highest BCUT2D eigenvalue weighted by Crippen LogP contribution is 2.51. The maximum absolute atomic E-state index is 9.43. The number of fused-ring (bicyclic) bond motifs is 5. The highest BCUT2D eigenvalue weighted by Gasteiger charge is 2.26. The Morgan fingerprint density at radius 3 is 1.56 bits per heavy atom. The third kappa shape index (κ3) is 4.02. The molecule has 0 radical (unpaired) electrons. The van der Waals surface area contributed by atoms with Crippen molar-refractivity contribution in [1.29, 1.82) is 0 Å². The van der Waals surface area contributed by atoms with Gasteiger partial charge in [0.15, 0.2) is 0 Å². The van der Waals surface area contributed by atoms with Crippen LogP contribution in [-0.4, -0.2) is 0 Å². The first kappa shape index (κ1) is 15.2. The SMILES string of the molecule is [2H]c1c([2H])c([2H])c(-c2c([2H])c([2H])c([2H])c([2H])c2-c2oc3ccc4ccccc4c3c2-c2c3ccccc3c(-c3c([2H])c([2H])c([2H])c([2H])c3[2H])c3ccccc23)c([2H])c1[2H]. The van der Waals surface area contributed by atoms with Crippen LogP contribution in [0, 0.1) is 0 Å². The summed E-state index contributed by atoms with van der Waals surface area (Å²) < 4.78 is 129. The van der Waals surface area contributed by atoms with E-state index in [1.54, 1.807) is 42.5 Å². The predicted molar refractivity (Wildman–Crippen MR) is 190 cm³/mol. The van der Waals surface area contributed by atoms with Crippen molar-refractivity contribution >= 4 is 43.3 Å². The van der Waals surface area contributed by atoms with Gasteiger partial charge in [-0.15, -0.1) is 0 Å². The minimum atomic E-state index is -0.685. The molecule has 0 aliphatic carbocycles. The van der Waals surface area contributed by atoms with Gasteiger partial charge in [0, 0.05) is 22.1 Å². The summed E-state index contributed by atoms with van der Waals surface area (Å²) in [6.45, 7) is 0. The zero-order chi connectivity index (χ0) is 41.9. The van der Waals surface area contributed by atoms with Crippen LogP contribution in [0.5, 0.6) is 0 Å². The smallest absolute Gasteiger partial charge is 0.143 e. The maximum Gasteiger partial charge on any atom is 0.143 e. The summed E-state index contributed by atoms with van der Waals surface area (Å²) >= 11 is 0. The Kier molecular flexibility index (Phi) is 3.50. The van der Waals surface area contributed by atoms with Crippen LogP contribution in [0.2, 0.25) is 0 Å². The van der Waals surface area contributed by atoms with E-state index in [0.717, 1.165) is 10.8 Å². The molecule has 0 fully saturated rings. The van der Waals surface area contributed by atoms with Gasteiger partial charge in [0.1, 0.15) is 11.3 Å². The molecule has 210 valence electrons. The molecule has 9 rings (SSSR count). The minimum Gasteiger partial charge on any atom is -0.455 e. The van der Waals surface area contributed by atoms with E-state index in [0.29, 0.717) is 49.2 Å². The molecule has 45 heavy (non-hydrogen) atoms. The number of hydrogen-bond donors (Lipinski definition) is 0. The highest BCUT2D eigenvalue weighted by molar-refractivity contribution is 6.27. The fourth-order valence-corrected chi connectivity index (χ4v) is 6.37. The Hall–Kier alpha value is -5.92. The summed E-state index contributed by atoms with van der Waals surface area (Å²) in [5, 5.41) is 4.23. The van der Waals surface area contributed by atoms with Crippen LogP contribution in [-0.2, 0) is 0 Å². The van der Waals surface area contributed by atoms with Gasteiger partial charge in [-0.3, -0.25) is 0 Å². The average molecular weight is 587 g/mol. The summed E-state index contributed by atoms with van der Waals surface area (Å²) in [6.07, 6.45) is 0. The van der Waals surface area contributed by atoms with E-state index in [2.05, 4.69) is 0 Å². The van der Waals surface area contributed by atoms with Crippen LogP contribution >= 0.6 is 0 Å². The molecule has 0 spiro atoms. The van der Waals surface area contributed by atoms with E-state index in [-0.39, 0.29) is 34.5 Å². The molecule has 0 saturated heterocycles. The molecule has 0 unspecified atom stereocenters. The Bertz CT molecular complexity index is 3220. The molecule has 1 nitrogen and oxygen atoms in total. The van der Waals surface area contributed by atoms with E-state index >= 15 is 0 Å². The van der Waals surface area contributed by atoms with Crippen LogP contribution in [0.1, 0.15) is 19.2 Å². The van der Waals surface area contributed by atoms with Crippen LogP contribution < -0.4 is 0 Å². The zero-order valence-corrected chi connectivity index (χ0v) is 23.5. The summed E-state index contributed by atoms with van der Waals surface area (Å²) in [6, 6.07) is 17.3. The zero-order valence-electron chi connectivity index (χ0n) is 37.5. The topological polar surface area (TPSA) is 13.1 Å². The summed E-state index contributed by atoms with van der Waals surface area (Å²) in [5.41, 5.74) is 0.606. The van der Waals surface area contributed by atoms with E-state index in [9.17, 15) is 2.74 Å². The van der Waals surface area contributed by atoms with Crippen molar-refractivity contribution < 1.29 is 23.6 Å². The summed E-state index contributed by atoms with van der Waals surface area (Å²) in [4.78, 5) is 0. The van der Waals surface area contributed by atoms with Crippen molar-refractivity contribution in [1.82, 2.24) is 0 Å². The van der Waals surface area contributed by atoms with E-state index in [1.807, 2.05) is 42.5 Å². The quantitative estimate of drug-likeness (QED) is 0.187. The third-order valence-electron chi connectivity index (χ3n) is 8.18. The van der Waals surface area contributed by atoms with E-state index in [1.165, 1.54) is 0 Å². The molecule has 1 aromatic heterocycles. The molecule has 0 N–H and O–H groups in total. The molecule has 0 bridgehead atoms. The fraction of sp³-hybridized carbons (Fsp3) is 0. The number of hydrogen-bond acceptors (Lipinski definition) is 1. The average Bonchev–Trinajstić information content (AvgIpc) is 3.63. The fourth-order valence-electron chi connectivity index (χ4n) is 6.37. The lowest BCUT2D eigenvalue weighted by molar-refractivity contribution is 0.633. The van der Waals surface area contributed by atoms with Gasteiger partial charge >= 0.3 is 0 Å². The molecule has 9 aromatic rings. The molecule has 0 amide bonds. The molecular weight excluding hydrogens is 544 g/mol. The third-order valence-corrected chi connectivity index (χ3v) is 8.18. The summed E-state index contributed by atoms with van der Waals surface area (Å²) in [7, 11) is 0. The molecule has 0 aliphatic rings. The van der Waals surface area contributed by atoms with Crippen LogP contribution in [0.4, 0.5) is 0 Å². The van der Waals surface area contributed by atoms with Crippen LogP contribution in [0.3, 0.4) is 0 Å². The first-order chi connectivity index (χ1) is 28.2. The molecule has 0 aliphatic heterocycles. The Morgan fingerprint density at radius 2 is 0.911 bits per heavy atom. The standard InChI is InChI=1S/C44H28O/c1-3-15-29(16-4-1)32-20-9-14-26-38(32)44-43(42-33-21-8-7-17-30(33)27-28-39(42)45-44)41-36-24-12-10-22-34(36)40(31-18-5-2-6-19-31)35-23-11-13-25-37(35)41/h1-28H/i1D,2D,3D,4D,5D,6D,9D,14D,15D,16D,18D,19D,20D,26D. The Balaban J connectivity index is 1.55. The largest absolute Gasteiger partial charge is 0.455 e. The van der Waals surface area contributed by atoms with Gasteiger partial charge in [0.05, 0.1) is 19.2 Å². The molecule has 0 atom stereocenters. The predicted octanol–water partition coefficient (Wildman–Crippen LogP) is 12.6. The second-order valence-corrected chi connectivity index (χ2v) is 10.6. The first-order valence-corrected chi connectivity index (χ1v) is 14.3. The van der Waals surface area contributed by atoms with Gasteiger partial charge in [-0.1, -0.05) is 163 Å². The number of furan rings is 1. The monoisotopic (exact) mass is 586 g/mol. The van der Waals surface area contributed by atoms with Gasteiger partial charge in [-0.05, 0) is 60.6 Å². The van der Waals surface area contributed by atoms with E-state index < -0.39 is 78.1 Å². The van der Waals surface area contributed by atoms with Gasteiger partial charge in [-0.2, -0.15) is 0 Å². The molecule has 0 saturated carbocycles. The van der Waals surface area contributed by atoms with Crippen LogP contribution in [0.15, 0.2) is 174 Å². The van der Waals surface area contributed by atoms with Crippen molar-refractivity contribution in [3.63, 3.8) is 0 Å². The van der Waals surface area contributed by atoms with Crippen molar-refractivity contribution in [3.8, 4) is 44.7 Å². The molecule has 8 aromatic carbocycles. The van der Waals surface area contributed by atoms with Gasteiger partial charge < -0.3 is 4.42 Å². The summed E-state index contributed by atoms with van der Waals surface area (Å²) in [5.74, 6) is -0.0592. The van der Waals surface area contributed by atoms with Gasteiger partial charge in [-0.25, -0.2) is 0 Å². The lowest BCUT2D eigenvalue weighted by Gasteiger charge is -2.18. The lowest BCUT2D eigenvalue weighted by Crippen LogP contribution is -1.92. The minimum absolute atomic E-state index is 0.00155. The first-order valence-electron chi connectivity index (χ1n) is 21.3. The Morgan fingerprint density at radius 1 is 0.400 bits per heavy atom. The van der Waals surface area contributed by atoms with Gasteiger partial charge in [0.25, 0.3) is 0 Å².